The van der Waals surface area contributed by atoms with Gasteiger partial charge in [0.1, 0.15) is 5.78 Å². The van der Waals surface area contributed by atoms with E-state index in [-0.39, 0.29) is 6.03 Å². The van der Waals surface area contributed by atoms with Gasteiger partial charge < -0.3 is 9.80 Å². The van der Waals surface area contributed by atoms with Gasteiger partial charge in [0.15, 0.2) is 0 Å². The summed E-state index contributed by atoms with van der Waals surface area (Å²) in [5.74, 6) is 1.30. The van der Waals surface area contributed by atoms with Gasteiger partial charge in [-0.05, 0) is 31.1 Å². The van der Waals surface area contributed by atoms with Crippen LogP contribution in [0.5, 0.6) is 0 Å². The predicted molar refractivity (Wildman–Crippen MR) is 63.6 cm³/mol. The van der Waals surface area contributed by atoms with Crippen LogP contribution in [0.2, 0.25) is 0 Å². The van der Waals surface area contributed by atoms with Crippen LogP contribution >= 0.6 is 0 Å². The summed E-state index contributed by atoms with van der Waals surface area (Å²) in [5.41, 5.74) is 0. The number of likely N-dealkylation sites (tertiary alicyclic amines) is 2. The number of nitrogens with zero attached hydrogens (tertiary/aromatic N) is 2. The van der Waals surface area contributed by atoms with E-state index in [1.54, 1.807) is 0 Å². The maximum atomic E-state index is 12.3. The Kier molecular flexibility index (Phi) is 2.81. The van der Waals surface area contributed by atoms with Crippen molar-refractivity contribution in [3.63, 3.8) is 0 Å². The van der Waals surface area contributed by atoms with Gasteiger partial charge in [-0.25, -0.2) is 4.79 Å². The highest BCUT2D eigenvalue weighted by Gasteiger charge is 2.42. The number of urea groups is 1. The van der Waals surface area contributed by atoms with E-state index in [4.69, 9.17) is 0 Å². The molecule has 3 fully saturated rings. The normalized spacial score (nSPS) is 33.1. The van der Waals surface area contributed by atoms with E-state index in [1.807, 2.05) is 9.80 Å². The van der Waals surface area contributed by atoms with Crippen LogP contribution in [-0.4, -0.2) is 47.8 Å². The van der Waals surface area contributed by atoms with Crippen LogP contribution in [0.15, 0.2) is 0 Å². The average molecular weight is 236 g/mol. The van der Waals surface area contributed by atoms with Crippen LogP contribution in [0.4, 0.5) is 4.79 Å². The number of amides is 2. The SMILES string of the molecule is O=C1C[C@@H]2CN(C(=O)N3CCCCC3)C[C@@H]2C1. The summed E-state index contributed by atoms with van der Waals surface area (Å²) >= 11 is 0. The van der Waals surface area contributed by atoms with Gasteiger partial charge in [0.05, 0.1) is 0 Å². The Morgan fingerprint density at radius 3 is 2.12 bits per heavy atom. The van der Waals surface area contributed by atoms with Gasteiger partial charge in [-0.3, -0.25) is 4.79 Å². The minimum Gasteiger partial charge on any atom is -0.325 e. The van der Waals surface area contributed by atoms with Gasteiger partial charge in [0.25, 0.3) is 0 Å². The smallest absolute Gasteiger partial charge is 0.320 e. The quantitative estimate of drug-likeness (QED) is 0.639. The topological polar surface area (TPSA) is 40.6 Å². The zero-order valence-corrected chi connectivity index (χ0v) is 10.2. The Morgan fingerprint density at radius 2 is 1.53 bits per heavy atom. The Bertz CT molecular complexity index is 320. The summed E-state index contributed by atoms with van der Waals surface area (Å²) in [5, 5.41) is 0. The van der Waals surface area contributed by atoms with Gasteiger partial charge >= 0.3 is 6.03 Å². The summed E-state index contributed by atoms with van der Waals surface area (Å²) in [4.78, 5) is 27.6. The van der Waals surface area contributed by atoms with Crippen molar-refractivity contribution in [3.8, 4) is 0 Å². The molecule has 0 aromatic rings. The molecule has 2 saturated heterocycles. The van der Waals surface area contributed by atoms with Crippen LogP contribution in [0.1, 0.15) is 32.1 Å². The largest absolute Gasteiger partial charge is 0.325 e. The highest BCUT2D eigenvalue weighted by atomic mass is 16.2. The number of piperidine rings is 1. The zero-order valence-electron chi connectivity index (χ0n) is 10.2. The van der Waals surface area contributed by atoms with Crippen molar-refractivity contribution in [2.45, 2.75) is 32.1 Å². The van der Waals surface area contributed by atoms with Crippen molar-refractivity contribution >= 4 is 11.8 Å². The minimum atomic E-state index is 0.214. The van der Waals surface area contributed by atoms with Crippen LogP contribution in [0, 0.1) is 11.8 Å². The maximum absolute atomic E-state index is 12.3. The van der Waals surface area contributed by atoms with Crippen LogP contribution in [0.3, 0.4) is 0 Å². The van der Waals surface area contributed by atoms with Crippen LogP contribution in [0.25, 0.3) is 0 Å². The molecule has 1 saturated carbocycles. The molecule has 4 heteroatoms. The molecule has 0 bridgehead atoms. The van der Waals surface area contributed by atoms with Gasteiger partial charge in [0, 0.05) is 39.0 Å². The fourth-order valence-corrected chi connectivity index (χ4v) is 3.51. The number of Topliss-reactive ketones (excluding diaryl/α,β-unsaturated/α-hetero) is 1. The van der Waals surface area contributed by atoms with E-state index in [0.29, 0.717) is 30.5 Å². The lowest BCUT2D eigenvalue weighted by atomic mass is 10.0. The van der Waals surface area contributed by atoms with Crippen molar-refractivity contribution < 1.29 is 9.59 Å². The summed E-state index contributed by atoms with van der Waals surface area (Å²) in [7, 11) is 0. The molecule has 2 heterocycles. The lowest BCUT2D eigenvalue weighted by Crippen LogP contribution is -2.44. The second-order valence-corrected chi connectivity index (χ2v) is 5.70. The molecule has 1 aliphatic carbocycles. The first-order valence-electron chi connectivity index (χ1n) is 6.79. The van der Waals surface area contributed by atoms with Gasteiger partial charge in [-0.2, -0.15) is 0 Å². The molecule has 3 aliphatic rings. The Morgan fingerprint density at radius 1 is 0.941 bits per heavy atom. The second-order valence-electron chi connectivity index (χ2n) is 5.70. The van der Waals surface area contributed by atoms with Crippen molar-refractivity contribution in [1.82, 2.24) is 9.80 Å². The molecule has 2 amide bonds. The number of rotatable bonds is 0. The van der Waals surface area contributed by atoms with E-state index in [0.717, 1.165) is 39.0 Å². The van der Waals surface area contributed by atoms with E-state index in [2.05, 4.69) is 0 Å². The Hall–Kier alpha value is -1.06. The van der Waals surface area contributed by atoms with E-state index >= 15 is 0 Å². The standard InChI is InChI=1S/C13H20N2O2/c16-12-6-10-8-15(9-11(10)7-12)13(17)14-4-2-1-3-5-14/h10-11H,1-9H2/t10-,11+. The third-order valence-electron chi connectivity index (χ3n) is 4.45. The van der Waals surface area contributed by atoms with Crippen LogP contribution < -0.4 is 0 Å². The van der Waals surface area contributed by atoms with E-state index < -0.39 is 0 Å². The number of carbonyl (C=O) groups is 2. The second kappa shape index (κ2) is 4.31. The number of fused-ring (bicyclic) bond motifs is 1. The zero-order chi connectivity index (χ0) is 11.8. The number of carbonyl (C=O) groups excluding carboxylic acids is 2. The number of hydrogen-bond donors (Lipinski definition) is 0. The fraction of sp³-hybridized carbons (Fsp3) is 0.846. The summed E-state index contributed by atoms with van der Waals surface area (Å²) in [6.45, 7) is 3.46. The van der Waals surface area contributed by atoms with Crippen molar-refractivity contribution in [2.75, 3.05) is 26.2 Å². The lowest BCUT2D eigenvalue weighted by Gasteiger charge is -2.31. The monoisotopic (exact) mass is 236 g/mol. The summed E-state index contributed by atoms with van der Waals surface area (Å²) in [6.07, 6.45) is 4.95. The molecule has 17 heavy (non-hydrogen) atoms. The Labute approximate surface area is 102 Å². The highest BCUT2D eigenvalue weighted by Crippen LogP contribution is 2.36. The van der Waals surface area contributed by atoms with Crippen LogP contribution in [-0.2, 0) is 4.79 Å². The summed E-state index contributed by atoms with van der Waals surface area (Å²) in [6, 6.07) is 0.214. The molecule has 0 aromatic heterocycles. The molecule has 0 N–H and O–H groups in total. The van der Waals surface area contributed by atoms with Crippen molar-refractivity contribution in [1.29, 1.82) is 0 Å². The molecule has 2 atom stereocenters. The highest BCUT2D eigenvalue weighted by molar-refractivity contribution is 5.82. The molecule has 3 rings (SSSR count). The maximum Gasteiger partial charge on any atom is 0.320 e. The van der Waals surface area contributed by atoms with Gasteiger partial charge in [0.2, 0.25) is 0 Å². The minimum absolute atomic E-state index is 0.214. The molecular formula is C13H20N2O2. The van der Waals surface area contributed by atoms with E-state index in [9.17, 15) is 9.59 Å². The molecule has 2 aliphatic heterocycles. The Balaban J connectivity index is 1.59. The third kappa shape index (κ3) is 2.05. The lowest BCUT2D eigenvalue weighted by molar-refractivity contribution is -0.117. The first kappa shape index (κ1) is 11.1. The molecular weight excluding hydrogens is 216 g/mol. The third-order valence-corrected chi connectivity index (χ3v) is 4.45. The fourth-order valence-electron chi connectivity index (χ4n) is 3.51. The molecule has 0 spiro atoms. The first-order chi connectivity index (χ1) is 8.24. The number of hydrogen-bond acceptors (Lipinski definition) is 2. The van der Waals surface area contributed by atoms with Gasteiger partial charge in [-0.15, -0.1) is 0 Å². The van der Waals surface area contributed by atoms with Crippen molar-refractivity contribution in [2.24, 2.45) is 11.8 Å². The number of ketones is 1. The molecule has 0 unspecified atom stereocenters. The molecule has 0 aromatic carbocycles. The predicted octanol–water partition coefficient (Wildman–Crippen LogP) is 1.50. The molecule has 0 radical (unpaired) electrons. The molecule has 94 valence electrons. The molecule has 4 nitrogen and oxygen atoms in total. The first-order valence-corrected chi connectivity index (χ1v) is 6.79. The average Bonchev–Trinajstić information content (AvgIpc) is 2.86. The van der Waals surface area contributed by atoms with Crippen molar-refractivity contribution in [3.05, 3.63) is 0 Å². The van der Waals surface area contributed by atoms with Gasteiger partial charge in [-0.1, -0.05) is 0 Å². The summed E-state index contributed by atoms with van der Waals surface area (Å²) < 4.78 is 0. The van der Waals surface area contributed by atoms with E-state index in [1.165, 1.54) is 6.42 Å².